The molecule has 1 unspecified atom stereocenters. The Morgan fingerprint density at radius 1 is 0.825 bits per heavy atom. The van der Waals surface area contributed by atoms with Crippen LogP contribution in [0.4, 0.5) is 5.69 Å². The van der Waals surface area contributed by atoms with Crippen molar-refractivity contribution in [1.82, 2.24) is 0 Å². The van der Waals surface area contributed by atoms with E-state index in [2.05, 4.69) is 0 Å². The second-order valence-electron chi connectivity index (χ2n) is 10.2. The highest BCUT2D eigenvalue weighted by molar-refractivity contribution is 6.10. The van der Waals surface area contributed by atoms with Crippen LogP contribution in [0.2, 0.25) is 0 Å². The van der Waals surface area contributed by atoms with Crippen LogP contribution in [-0.2, 0) is 6.61 Å². The first-order valence-corrected chi connectivity index (χ1v) is 13.2. The van der Waals surface area contributed by atoms with Crippen molar-refractivity contribution in [2.24, 2.45) is 0 Å². The largest absolute Gasteiger partial charge is 0.493 e. The van der Waals surface area contributed by atoms with Crippen molar-refractivity contribution in [2.75, 3.05) is 12.0 Å². The van der Waals surface area contributed by atoms with E-state index in [1.807, 2.05) is 99.6 Å². The van der Waals surface area contributed by atoms with Crippen molar-refractivity contribution in [1.29, 1.82) is 0 Å². The summed E-state index contributed by atoms with van der Waals surface area (Å²) in [5, 5.41) is 0.452. The number of ether oxygens (including phenoxy) is 2. The molecule has 0 fully saturated rings. The third-order valence-corrected chi connectivity index (χ3v) is 7.53. The summed E-state index contributed by atoms with van der Waals surface area (Å²) < 4.78 is 17.9. The van der Waals surface area contributed by atoms with Gasteiger partial charge >= 0.3 is 0 Å². The molecule has 1 amide bonds. The minimum absolute atomic E-state index is 0.0629. The molecule has 0 radical (unpaired) electrons. The van der Waals surface area contributed by atoms with Gasteiger partial charge in [0.15, 0.2) is 16.9 Å². The number of amides is 1. The normalized spacial score (nSPS) is 14.4. The molecular formula is C34H29NO5. The van der Waals surface area contributed by atoms with E-state index < -0.39 is 6.04 Å². The highest BCUT2D eigenvalue weighted by atomic mass is 16.5. The Balaban J connectivity index is 1.51. The molecule has 6 nitrogen and oxygen atoms in total. The molecule has 0 saturated heterocycles. The molecule has 40 heavy (non-hydrogen) atoms. The lowest BCUT2D eigenvalue weighted by Crippen LogP contribution is -2.29. The first kappa shape index (κ1) is 25.4. The van der Waals surface area contributed by atoms with E-state index in [-0.39, 0.29) is 17.1 Å². The monoisotopic (exact) mass is 531 g/mol. The number of fused-ring (bicyclic) bond motifs is 2. The van der Waals surface area contributed by atoms with E-state index in [1.54, 1.807) is 18.1 Å². The minimum atomic E-state index is -0.706. The Kier molecular flexibility index (Phi) is 6.39. The van der Waals surface area contributed by atoms with Crippen LogP contribution in [-0.4, -0.2) is 13.0 Å². The number of methoxy groups -OCH3 is 1. The fourth-order valence-electron chi connectivity index (χ4n) is 5.25. The van der Waals surface area contributed by atoms with Crippen LogP contribution in [0.5, 0.6) is 11.5 Å². The molecule has 0 N–H and O–H groups in total. The molecule has 1 atom stereocenters. The van der Waals surface area contributed by atoms with Crippen LogP contribution >= 0.6 is 0 Å². The quantitative estimate of drug-likeness (QED) is 0.235. The van der Waals surface area contributed by atoms with Crippen molar-refractivity contribution < 1.29 is 18.7 Å². The molecule has 4 aromatic carbocycles. The summed E-state index contributed by atoms with van der Waals surface area (Å²) in [4.78, 5) is 29.6. The molecule has 5 aromatic rings. The fourth-order valence-corrected chi connectivity index (χ4v) is 5.25. The molecule has 2 heterocycles. The van der Waals surface area contributed by atoms with Gasteiger partial charge in [0, 0.05) is 5.69 Å². The molecule has 1 aliphatic rings. The second kappa shape index (κ2) is 10.0. The van der Waals surface area contributed by atoms with Crippen LogP contribution < -0.4 is 19.8 Å². The smallest absolute Gasteiger partial charge is 0.295 e. The van der Waals surface area contributed by atoms with Crippen LogP contribution in [0.1, 0.15) is 50.0 Å². The second-order valence-corrected chi connectivity index (χ2v) is 10.2. The number of carbonyl (C=O) groups is 1. The van der Waals surface area contributed by atoms with Gasteiger partial charge in [-0.1, -0.05) is 54.1 Å². The summed E-state index contributed by atoms with van der Waals surface area (Å²) in [6.45, 7) is 6.33. The van der Waals surface area contributed by atoms with Crippen LogP contribution in [0, 0.1) is 20.8 Å². The number of aryl methyl sites for hydroxylation is 3. The van der Waals surface area contributed by atoms with E-state index >= 15 is 0 Å². The van der Waals surface area contributed by atoms with E-state index in [1.165, 1.54) is 0 Å². The third kappa shape index (κ3) is 4.31. The van der Waals surface area contributed by atoms with E-state index in [9.17, 15) is 9.59 Å². The van der Waals surface area contributed by atoms with Gasteiger partial charge in [0.05, 0.1) is 24.1 Å². The van der Waals surface area contributed by atoms with E-state index in [4.69, 9.17) is 13.9 Å². The molecule has 0 saturated carbocycles. The maximum Gasteiger partial charge on any atom is 0.295 e. The lowest BCUT2D eigenvalue weighted by atomic mass is 9.97. The first-order valence-electron chi connectivity index (χ1n) is 13.2. The molecule has 200 valence electrons. The first-order chi connectivity index (χ1) is 19.4. The van der Waals surface area contributed by atoms with Gasteiger partial charge in [-0.25, -0.2) is 0 Å². The molecule has 6 heteroatoms. The molecule has 0 spiro atoms. The third-order valence-electron chi connectivity index (χ3n) is 7.53. The van der Waals surface area contributed by atoms with E-state index in [0.717, 1.165) is 22.3 Å². The zero-order chi connectivity index (χ0) is 28.0. The summed E-state index contributed by atoms with van der Waals surface area (Å²) >= 11 is 0. The van der Waals surface area contributed by atoms with Gasteiger partial charge < -0.3 is 13.9 Å². The highest BCUT2D eigenvalue weighted by Crippen LogP contribution is 2.43. The fraction of sp³-hybridized carbons (Fsp3) is 0.176. The number of rotatable bonds is 6. The molecule has 1 aromatic heterocycles. The zero-order valence-electron chi connectivity index (χ0n) is 22.9. The Morgan fingerprint density at radius 3 is 2.38 bits per heavy atom. The van der Waals surface area contributed by atoms with Crippen molar-refractivity contribution in [2.45, 2.75) is 33.4 Å². The maximum atomic E-state index is 14.0. The van der Waals surface area contributed by atoms with Gasteiger partial charge in [0.25, 0.3) is 5.91 Å². The average Bonchev–Trinajstić information content (AvgIpc) is 3.26. The topological polar surface area (TPSA) is 69.0 Å². The van der Waals surface area contributed by atoms with Crippen molar-refractivity contribution in [3.63, 3.8) is 0 Å². The van der Waals surface area contributed by atoms with E-state index in [0.29, 0.717) is 45.9 Å². The SMILES string of the molecule is COc1cc(C2c3c(oc4ccc(C)cc4c3=O)C(=O)N2c2ccc(C)c(C)c2)ccc1OCc1ccccc1. The number of hydrogen-bond donors (Lipinski definition) is 0. The Bertz CT molecular complexity index is 1820. The average molecular weight is 532 g/mol. The van der Waals surface area contributed by atoms with Crippen molar-refractivity contribution in [3.8, 4) is 11.5 Å². The summed E-state index contributed by atoms with van der Waals surface area (Å²) in [5.41, 5.74) is 6.03. The zero-order valence-corrected chi connectivity index (χ0v) is 22.9. The predicted octanol–water partition coefficient (Wildman–Crippen LogP) is 7.06. The standard InChI is InChI=1S/C34H29NO5/c1-20-10-14-27-26(16-20)32(36)30-31(35(34(37)33(30)40-27)25-13-11-21(2)22(3)17-25)24-12-15-28(29(18-24)38-4)39-19-23-8-6-5-7-9-23/h5-18,31H,19H2,1-4H3. The molecule has 0 bridgehead atoms. The Morgan fingerprint density at radius 2 is 1.62 bits per heavy atom. The van der Waals surface area contributed by atoms with Crippen LogP contribution in [0.3, 0.4) is 0 Å². The lowest BCUT2D eigenvalue weighted by molar-refractivity contribution is 0.0971. The lowest BCUT2D eigenvalue weighted by Gasteiger charge is -2.26. The Labute approximate surface area is 232 Å². The summed E-state index contributed by atoms with van der Waals surface area (Å²) in [6.07, 6.45) is 0. The number of carbonyl (C=O) groups excluding carboxylic acids is 1. The van der Waals surface area contributed by atoms with Gasteiger partial charge in [0.2, 0.25) is 5.76 Å². The highest BCUT2D eigenvalue weighted by Gasteiger charge is 2.44. The molecular weight excluding hydrogens is 502 g/mol. The number of anilines is 1. The molecule has 1 aliphatic heterocycles. The van der Waals surface area contributed by atoms with Gasteiger partial charge in [-0.3, -0.25) is 14.5 Å². The van der Waals surface area contributed by atoms with Gasteiger partial charge in [-0.05, 0) is 79.4 Å². The minimum Gasteiger partial charge on any atom is -0.493 e. The van der Waals surface area contributed by atoms with Crippen LogP contribution in [0.25, 0.3) is 11.0 Å². The molecule has 6 rings (SSSR count). The predicted molar refractivity (Wildman–Crippen MR) is 156 cm³/mol. The van der Waals surface area contributed by atoms with Crippen molar-refractivity contribution >= 4 is 22.6 Å². The number of nitrogens with zero attached hydrogens (tertiary/aromatic N) is 1. The number of benzene rings is 4. The maximum absolute atomic E-state index is 14.0. The van der Waals surface area contributed by atoms with Crippen molar-refractivity contribution in [3.05, 3.63) is 134 Å². The summed E-state index contributed by atoms with van der Waals surface area (Å²) in [6, 6.07) is 26.0. The molecule has 0 aliphatic carbocycles. The summed E-state index contributed by atoms with van der Waals surface area (Å²) in [7, 11) is 1.58. The van der Waals surface area contributed by atoms with Gasteiger partial charge in [-0.2, -0.15) is 0 Å². The number of hydrogen-bond acceptors (Lipinski definition) is 5. The van der Waals surface area contributed by atoms with Gasteiger partial charge in [0.1, 0.15) is 12.2 Å². The van der Waals surface area contributed by atoms with Crippen LogP contribution in [0.15, 0.2) is 94.1 Å². The summed E-state index contributed by atoms with van der Waals surface area (Å²) in [5.74, 6) is 0.785. The van der Waals surface area contributed by atoms with Gasteiger partial charge in [-0.15, -0.1) is 0 Å². The Hall–Kier alpha value is -4.84.